The number of esters is 1. The van der Waals surface area contributed by atoms with Crippen molar-refractivity contribution in [2.45, 2.75) is 32.1 Å². The number of fused-ring (bicyclic) bond motifs is 1. The third-order valence-electron chi connectivity index (χ3n) is 5.52. The van der Waals surface area contributed by atoms with Gasteiger partial charge in [0.15, 0.2) is 11.4 Å². The molecule has 144 valence electrons. The zero-order chi connectivity index (χ0) is 19.7. The number of H-pyrrole nitrogens is 1. The lowest BCUT2D eigenvalue weighted by molar-refractivity contribution is 0.0591. The second-order valence-corrected chi connectivity index (χ2v) is 7.34. The van der Waals surface area contributed by atoms with Crippen molar-refractivity contribution in [3.8, 4) is 16.9 Å². The molecule has 1 saturated carbocycles. The predicted molar refractivity (Wildman–Crippen MR) is 106 cm³/mol. The van der Waals surface area contributed by atoms with Crippen LogP contribution in [-0.4, -0.2) is 28.2 Å². The first-order valence-electron chi connectivity index (χ1n) is 9.49. The molecular weight excluding hydrogens is 356 g/mol. The second-order valence-electron chi connectivity index (χ2n) is 7.34. The van der Waals surface area contributed by atoms with Gasteiger partial charge >= 0.3 is 5.97 Å². The Kier molecular flexibility index (Phi) is 4.86. The lowest BCUT2D eigenvalue weighted by Crippen LogP contribution is -2.11. The summed E-state index contributed by atoms with van der Waals surface area (Å²) in [5, 5.41) is 10.8. The first-order chi connectivity index (χ1) is 13.6. The standard InChI is InChI=1S/C22H22N2O4/c1-28-22(27)19-20(25)17-11-16(21(26)24-18(17)12-23-19)15-8-6-14(7-9-15)10-13-4-2-3-5-13/h6-9,11-13,25H,2-5,10H2,1H3,(H,24,26). The second kappa shape index (κ2) is 7.46. The van der Waals surface area contributed by atoms with Crippen LogP contribution in [0, 0.1) is 5.92 Å². The lowest BCUT2D eigenvalue weighted by atomic mass is 9.96. The summed E-state index contributed by atoms with van der Waals surface area (Å²) in [5.41, 5.74) is 2.36. The summed E-state index contributed by atoms with van der Waals surface area (Å²) in [5.74, 6) is -0.278. The van der Waals surface area contributed by atoms with Crippen molar-refractivity contribution >= 4 is 16.9 Å². The number of aromatic nitrogens is 2. The highest BCUT2D eigenvalue weighted by Crippen LogP contribution is 2.30. The number of benzene rings is 1. The van der Waals surface area contributed by atoms with Gasteiger partial charge < -0.3 is 14.8 Å². The van der Waals surface area contributed by atoms with Crippen LogP contribution in [0.4, 0.5) is 0 Å². The van der Waals surface area contributed by atoms with E-state index in [1.54, 1.807) is 6.07 Å². The molecule has 0 bridgehead atoms. The number of ether oxygens (including phenoxy) is 1. The maximum absolute atomic E-state index is 12.5. The number of methoxy groups -OCH3 is 1. The molecule has 0 atom stereocenters. The summed E-state index contributed by atoms with van der Waals surface area (Å²) in [7, 11) is 1.22. The summed E-state index contributed by atoms with van der Waals surface area (Å²) in [6, 6.07) is 9.57. The number of rotatable bonds is 4. The van der Waals surface area contributed by atoms with Gasteiger partial charge in [-0.3, -0.25) is 4.79 Å². The predicted octanol–water partition coefficient (Wildman–Crippen LogP) is 3.82. The van der Waals surface area contributed by atoms with Crippen LogP contribution in [0.3, 0.4) is 0 Å². The number of nitrogens with zero attached hydrogens (tertiary/aromatic N) is 1. The molecular formula is C22H22N2O4. The molecule has 4 rings (SSSR count). The maximum atomic E-state index is 12.5. The zero-order valence-corrected chi connectivity index (χ0v) is 15.7. The van der Waals surface area contributed by atoms with Crippen LogP contribution < -0.4 is 5.56 Å². The fourth-order valence-electron chi connectivity index (χ4n) is 3.99. The van der Waals surface area contributed by atoms with Crippen LogP contribution in [0.1, 0.15) is 41.7 Å². The third kappa shape index (κ3) is 3.38. The molecule has 0 aliphatic heterocycles. The molecule has 2 N–H and O–H groups in total. The smallest absolute Gasteiger partial charge is 0.360 e. The van der Waals surface area contributed by atoms with E-state index in [1.165, 1.54) is 44.6 Å². The molecule has 1 aliphatic rings. The largest absolute Gasteiger partial charge is 0.505 e. The number of aromatic hydroxyl groups is 1. The molecule has 0 radical (unpaired) electrons. The number of hydrogen-bond acceptors (Lipinski definition) is 5. The Morgan fingerprint density at radius 3 is 2.64 bits per heavy atom. The van der Waals surface area contributed by atoms with Gasteiger partial charge in [0.1, 0.15) is 0 Å². The van der Waals surface area contributed by atoms with Gasteiger partial charge in [-0.1, -0.05) is 49.9 Å². The summed E-state index contributed by atoms with van der Waals surface area (Å²) >= 11 is 0. The molecule has 0 unspecified atom stereocenters. The first kappa shape index (κ1) is 18.2. The van der Waals surface area contributed by atoms with E-state index >= 15 is 0 Å². The molecule has 1 aliphatic carbocycles. The van der Waals surface area contributed by atoms with Crippen molar-refractivity contribution in [2.75, 3.05) is 7.11 Å². The quantitative estimate of drug-likeness (QED) is 0.674. The molecule has 6 heteroatoms. The fraction of sp³-hybridized carbons (Fsp3) is 0.318. The van der Waals surface area contributed by atoms with E-state index in [9.17, 15) is 14.7 Å². The van der Waals surface area contributed by atoms with Crippen molar-refractivity contribution in [1.29, 1.82) is 0 Å². The number of nitrogens with one attached hydrogen (secondary N) is 1. The molecule has 0 amide bonds. The van der Waals surface area contributed by atoms with Gasteiger partial charge in [-0.2, -0.15) is 0 Å². The molecule has 1 aromatic carbocycles. The fourth-order valence-corrected chi connectivity index (χ4v) is 3.99. The Balaban J connectivity index is 1.71. The van der Waals surface area contributed by atoms with Gasteiger partial charge in [0.25, 0.3) is 5.56 Å². The number of hydrogen-bond donors (Lipinski definition) is 2. The molecule has 6 nitrogen and oxygen atoms in total. The minimum absolute atomic E-state index is 0.181. The summed E-state index contributed by atoms with van der Waals surface area (Å²) < 4.78 is 4.64. The van der Waals surface area contributed by atoms with Crippen LogP contribution in [0.15, 0.2) is 41.3 Å². The average molecular weight is 378 g/mol. The topological polar surface area (TPSA) is 92.3 Å². The lowest BCUT2D eigenvalue weighted by Gasteiger charge is -2.10. The number of carbonyl (C=O) groups is 1. The van der Waals surface area contributed by atoms with E-state index in [1.807, 2.05) is 12.1 Å². The summed E-state index contributed by atoms with van der Waals surface area (Å²) in [6.07, 6.45) is 7.65. The van der Waals surface area contributed by atoms with E-state index in [0.717, 1.165) is 17.9 Å². The highest BCUT2D eigenvalue weighted by Gasteiger charge is 2.18. The van der Waals surface area contributed by atoms with E-state index < -0.39 is 5.97 Å². The van der Waals surface area contributed by atoms with Crippen molar-refractivity contribution < 1.29 is 14.6 Å². The minimum atomic E-state index is -0.733. The first-order valence-corrected chi connectivity index (χ1v) is 9.49. The molecule has 0 spiro atoms. The molecule has 2 heterocycles. The monoisotopic (exact) mass is 378 g/mol. The third-order valence-corrected chi connectivity index (χ3v) is 5.52. The average Bonchev–Trinajstić information content (AvgIpc) is 3.21. The van der Waals surface area contributed by atoms with E-state index in [0.29, 0.717) is 16.5 Å². The molecule has 2 aromatic heterocycles. The van der Waals surface area contributed by atoms with Gasteiger partial charge in [0, 0.05) is 10.9 Å². The Morgan fingerprint density at radius 1 is 1.25 bits per heavy atom. The molecule has 3 aromatic rings. The maximum Gasteiger partial charge on any atom is 0.360 e. The highest BCUT2D eigenvalue weighted by molar-refractivity contribution is 5.98. The van der Waals surface area contributed by atoms with Crippen molar-refractivity contribution in [3.05, 3.63) is 58.1 Å². The van der Waals surface area contributed by atoms with E-state index in [4.69, 9.17) is 0 Å². The van der Waals surface area contributed by atoms with E-state index in [2.05, 4.69) is 26.8 Å². The number of pyridine rings is 2. The SMILES string of the molecule is COC(=O)c1ncc2[nH]c(=O)c(-c3ccc(CC4CCCC4)cc3)cc2c1O. The van der Waals surface area contributed by atoms with Crippen molar-refractivity contribution in [3.63, 3.8) is 0 Å². The number of carbonyl (C=O) groups excluding carboxylic acids is 1. The minimum Gasteiger partial charge on any atom is -0.505 e. The van der Waals surface area contributed by atoms with Crippen molar-refractivity contribution in [1.82, 2.24) is 9.97 Å². The van der Waals surface area contributed by atoms with E-state index in [-0.39, 0.29) is 17.0 Å². The Labute approximate surface area is 162 Å². The van der Waals surface area contributed by atoms with Crippen molar-refractivity contribution in [2.24, 2.45) is 5.92 Å². The Bertz CT molecular complexity index is 1080. The Hall–Kier alpha value is -3.15. The van der Waals surface area contributed by atoms with Crippen LogP contribution in [-0.2, 0) is 11.2 Å². The molecule has 1 fully saturated rings. The van der Waals surface area contributed by atoms with Crippen LogP contribution in [0.5, 0.6) is 5.75 Å². The zero-order valence-electron chi connectivity index (χ0n) is 15.7. The molecule has 0 saturated heterocycles. The highest BCUT2D eigenvalue weighted by atomic mass is 16.5. The Morgan fingerprint density at radius 2 is 1.96 bits per heavy atom. The van der Waals surface area contributed by atoms with Gasteiger partial charge in [-0.25, -0.2) is 9.78 Å². The summed E-state index contributed by atoms with van der Waals surface area (Å²) in [4.78, 5) is 30.9. The molecule has 28 heavy (non-hydrogen) atoms. The summed E-state index contributed by atoms with van der Waals surface area (Å²) in [6.45, 7) is 0. The van der Waals surface area contributed by atoms with Gasteiger partial charge in [-0.15, -0.1) is 0 Å². The van der Waals surface area contributed by atoms with Gasteiger partial charge in [0.2, 0.25) is 0 Å². The number of aromatic amines is 1. The van der Waals surface area contributed by atoms with Crippen LogP contribution in [0.25, 0.3) is 22.0 Å². The normalized spacial score (nSPS) is 14.5. The van der Waals surface area contributed by atoms with Crippen LogP contribution >= 0.6 is 0 Å². The van der Waals surface area contributed by atoms with Gasteiger partial charge in [0.05, 0.1) is 18.8 Å². The van der Waals surface area contributed by atoms with Crippen LogP contribution in [0.2, 0.25) is 0 Å². The van der Waals surface area contributed by atoms with Gasteiger partial charge in [-0.05, 0) is 29.5 Å².